The van der Waals surface area contributed by atoms with Crippen molar-refractivity contribution in [1.82, 2.24) is 4.68 Å². The molecule has 5 heteroatoms. The number of aromatic carboxylic acids is 1. The molecule has 0 spiro atoms. The third kappa shape index (κ3) is 1.37. The molecule has 0 N–H and O–H groups in total. The van der Waals surface area contributed by atoms with Crippen LogP contribution in [0.2, 0.25) is 5.02 Å². The lowest BCUT2D eigenvalue weighted by Crippen LogP contribution is -2.45. The summed E-state index contributed by atoms with van der Waals surface area (Å²) in [6.45, 7) is 0. The third-order valence-electron chi connectivity index (χ3n) is 2.53. The molecule has 0 bridgehead atoms. The zero-order valence-corrected chi connectivity index (χ0v) is 9.08. The van der Waals surface area contributed by atoms with Crippen molar-refractivity contribution in [3.8, 4) is 0 Å². The fourth-order valence-electron chi connectivity index (χ4n) is 1.71. The van der Waals surface area contributed by atoms with Crippen molar-refractivity contribution < 1.29 is 14.6 Å². The second-order valence-electron chi connectivity index (χ2n) is 3.34. The molecule has 0 aliphatic carbocycles. The molecule has 0 atom stereocenters. The van der Waals surface area contributed by atoms with Crippen LogP contribution in [-0.2, 0) is 14.1 Å². The molecule has 0 aliphatic rings. The second kappa shape index (κ2) is 3.24. The summed E-state index contributed by atoms with van der Waals surface area (Å²) >= 11 is 5.83. The molecule has 0 fully saturated rings. The number of benzene rings is 1. The summed E-state index contributed by atoms with van der Waals surface area (Å²) in [6, 6.07) is 5.13. The molecule has 1 heterocycles. The van der Waals surface area contributed by atoms with E-state index >= 15 is 0 Å². The number of nitrogens with zero attached hydrogens (tertiary/aromatic N) is 2. The van der Waals surface area contributed by atoms with Crippen LogP contribution in [0.3, 0.4) is 0 Å². The molecule has 0 saturated heterocycles. The molecule has 15 heavy (non-hydrogen) atoms. The Bertz CT molecular complexity index is 560. The highest BCUT2D eigenvalue weighted by atomic mass is 35.5. The van der Waals surface area contributed by atoms with Crippen LogP contribution in [0.1, 0.15) is 10.5 Å². The Morgan fingerprint density at radius 1 is 1.53 bits per heavy atom. The number of aryl methyl sites for hydroxylation is 1. The predicted molar refractivity (Wildman–Crippen MR) is 53.4 cm³/mol. The maximum Gasteiger partial charge on any atom is 0.261 e. The largest absolute Gasteiger partial charge is 0.539 e. The van der Waals surface area contributed by atoms with Crippen LogP contribution >= 0.6 is 11.6 Å². The van der Waals surface area contributed by atoms with Crippen LogP contribution in [0.25, 0.3) is 10.9 Å². The number of hydrogen-bond acceptors (Lipinski definition) is 2. The van der Waals surface area contributed by atoms with Crippen LogP contribution in [-0.4, -0.2) is 10.7 Å². The van der Waals surface area contributed by atoms with Gasteiger partial charge >= 0.3 is 0 Å². The minimum atomic E-state index is -1.20. The van der Waals surface area contributed by atoms with Gasteiger partial charge in [0.25, 0.3) is 5.69 Å². The average Bonchev–Trinajstić information content (AvgIpc) is 2.39. The highest BCUT2D eigenvalue weighted by Crippen LogP contribution is 2.20. The van der Waals surface area contributed by atoms with E-state index < -0.39 is 5.97 Å². The SMILES string of the molecule is Cn1c2ccc(Cl)cc2c(C(=O)[O-])[n+]1C. The first kappa shape index (κ1) is 9.98. The Labute approximate surface area is 91.3 Å². The van der Waals surface area contributed by atoms with Crippen molar-refractivity contribution >= 4 is 28.5 Å². The van der Waals surface area contributed by atoms with Gasteiger partial charge < -0.3 is 9.90 Å². The van der Waals surface area contributed by atoms with Crippen LogP contribution < -0.4 is 9.79 Å². The zero-order chi connectivity index (χ0) is 11.2. The minimum absolute atomic E-state index is 0.134. The van der Waals surface area contributed by atoms with Crippen molar-refractivity contribution in [2.24, 2.45) is 14.1 Å². The van der Waals surface area contributed by atoms with Crippen LogP contribution in [0.5, 0.6) is 0 Å². The van der Waals surface area contributed by atoms with Crippen molar-refractivity contribution in [3.05, 3.63) is 28.9 Å². The highest BCUT2D eigenvalue weighted by molar-refractivity contribution is 6.31. The van der Waals surface area contributed by atoms with Gasteiger partial charge in [-0.05, 0) is 18.2 Å². The molecule has 2 aromatic rings. The number of aromatic nitrogens is 2. The van der Waals surface area contributed by atoms with Gasteiger partial charge in [0.2, 0.25) is 0 Å². The standard InChI is InChI=1S/C10H9ClN2O2/c1-12-8-4-3-6(11)5-7(8)9(10(14)15)13(12)2/h3-5H,1-2H3. The number of carboxylic acid groups (broad SMARTS) is 1. The Balaban J connectivity index is 2.95. The second-order valence-corrected chi connectivity index (χ2v) is 3.78. The third-order valence-corrected chi connectivity index (χ3v) is 2.76. The average molecular weight is 225 g/mol. The fourth-order valence-corrected chi connectivity index (χ4v) is 1.88. The number of hydrogen-bond donors (Lipinski definition) is 0. The molecule has 1 aromatic heterocycles. The first-order chi connectivity index (χ1) is 7.02. The molecule has 0 radical (unpaired) electrons. The number of fused-ring (bicyclic) bond motifs is 1. The van der Waals surface area contributed by atoms with Gasteiger partial charge in [0, 0.05) is 5.02 Å². The number of rotatable bonds is 1. The molecule has 0 aliphatic heterocycles. The van der Waals surface area contributed by atoms with E-state index in [0.717, 1.165) is 5.52 Å². The van der Waals surface area contributed by atoms with Gasteiger partial charge in [0.15, 0.2) is 7.05 Å². The fraction of sp³-hybridized carbons (Fsp3) is 0.200. The number of carbonyl (C=O) groups is 1. The van der Waals surface area contributed by atoms with E-state index in [-0.39, 0.29) is 5.69 Å². The monoisotopic (exact) mass is 224 g/mol. The van der Waals surface area contributed by atoms with Crippen molar-refractivity contribution in [2.75, 3.05) is 0 Å². The predicted octanol–water partition coefficient (Wildman–Crippen LogP) is 0.0197. The van der Waals surface area contributed by atoms with E-state index in [2.05, 4.69) is 0 Å². The molecule has 4 nitrogen and oxygen atoms in total. The molecule has 0 saturated carbocycles. The van der Waals surface area contributed by atoms with Crippen LogP contribution in [0.4, 0.5) is 0 Å². The van der Waals surface area contributed by atoms with Crippen LogP contribution in [0.15, 0.2) is 18.2 Å². The van der Waals surface area contributed by atoms with Gasteiger partial charge in [0.05, 0.1) is 12.4 Å². The molecular formula is C10H9ClN2O2. The normalized spacial score (nSPS) is 10.9. The van der Waals surface area contributed by atoms with Gasteiger partial charge in [-0.1, -0.05) is 11.6 Å². The number of carboxylic acids is 1. The Kier molecular flexibility index (Phi) is 2.16. The highest BCUT2D eigenvalue weighted by Gasteiger charge is 2.20. The summed E-state index contributed by atoms with van der Waals surface area (Å²) in [7, 11) is 3.45. The Hall–Kier alpha value is -1.55. The molecule has 0 amide bonds. The van der Waals surface area contributed by atoms with Crippen molar-refractivity contribution in [1.29, 1.82) is 0 Å². The quantitative estimate of drug-likeness (QED) is 0.642. The van der Waals surface area contributed by atoms with Crippen molar-refractivity contribution in [2.45, 2.75) is 0 Å². The topological polar surface area (TPSA) is 48.9 Å². The Morgan fingerprint density at radius 2 is 2.20 bits per heavy atom. The summed E-state index contributed by atoms with van der Waals surface area (Å²) in [4.78, 5) is 11.0. The molecular weight excluding hydrogens is 216 g/mol. The van der Waals surface area contributed by atoms with E-state index in [1.807, 2.05) is 0 Å². The summed E-state index contributed by atoms with van der Waals surface area (Å²) in [5.74, 6) is -1.20. The lowest BCUT2D eigenvalue weighted by Gasteiger charge is -1.95. The lowest BCUT2D eigenvalue weighted by atomic mass is 10.2. The van der Waals surface area contributed by atoms with E-state index in [4.69, 9.17) is 11.6 Å². The number of carbonyl (C=O) groups excluding carboxylic acids is 1. The number of halogens is 1. The van der Waals surface area contributed by atoms with E-state index in [9.17, 15) is 9.90 Å². The van der Waals surface area contributed by atoms with Gasteiger partial charge in [-0.3, -0.25) is 0 Å². The molecule has 2 rings (SSSR count). The Morgan fingerprint density at radius 3 is 2.80 bits per heavy atom. The summed E-state index contributed by atoms with van der Waals surface area (Å²) in [6.07, 6.45) is 0. The van der Waals surface area contributed by atoms with Gasteiger partial charge in [-0.25, -0.2) is 0 Å². The molecule has 0 unspecified atom stereocenters. The lowest BCUT2D eigenvalue weighted by molar-refractivity contribution is -0.752. The maximum atomic E-state index is 11.0. The van der Waals surface area contributed by atoms with Gasteiger partial charge in [-0.15, -0.1) is 4.68 Å². The van der Waals surface area contributed by atoms with Crippen molar-refractivity contribution in [3.63, 3.8) is 0 Å². The van der Waals surface area contributed by atoms with E-state index in [1.165, 1.54) is 4.68 Å². The first-order valence-corrected chi connectivity index (χ1v) is 4.75. The van der Waals surface area contributed by atoms with Crippen LogP contribution in [0, 0.1) is 0 Å². The zero-order valence-electron chi connectivity index (χ0n) is 8.32. The smallest absolute Gasteiger partial charge is 0.261 e. The van der Waals surface area contributed by atoms with E-state index in [1.54, 1.807) is 37.0 Å². The minimum Gasteiger partial charge on any atom is -0.539 e. The molecule has 1 aromatic carbocycles. The van der Waals surface area contributed by atoms with E-state index in [0.29, 0.717) is 10.4 Å². The molecule has 78 valence electrons. The summed E-state index contributed by atoms with van der Waals surface area (Å²) < 4.78 is 3.26. The van der Waals surface area contributed by atoms with Gasteiger partial charge in [-0.2, -0.15) is 4.68 Å². The summed E-state index contributed by atoms with van der Waals surface area (Å²) in [5.41, 5.74) is 0.941. The summed E-state index contributed by atoms with van der Waals surface area (Å²) in [5, 5.41) is 12.1. The van der Waals surface area contributed by atoms with Gasteiger partial charge in [0.1, 0.15) is 11.5 Å². The maximum absolute atomic E-state index is 11.0. The first-order valence-electron chi connectivity index (χ1n) is 4.38.